The van der Waals surface area contributed by atoms with E-state index in [1.807, 2.05) is 0 Å². The summed E-state index contributed by atoms with van der Waals surface area (Å²) in [7, 11) is 0. The molecule has 0 saturated carbocycles. The van der Waals surface area contributed by atoms with Crippen LogP contribution in [0.4, 0.5) is 13.2 Å². The van der Waals surface area contributed by atoms with Gasteiger partial charge in [0.25, 0.3) is 0 Å². The van der Waals surface area contributed by atoms with E-state index in [0.29, 0.717) is 44.3 Å². The quantitative estimate of drug-likeness (QED) is 0.788. The van der Waals surface area contributed by atoms with E-state index < -0.39 is 6.36 Å². The fourth-order valence-electron chi connectivity index (χ4n) is 3.27. The van der Waals surface area contributed by atoms with Crippen molar-refractivity contribution in [2.24, 2.45) is 0 Å². The molecule has 2 heterocycles. The lowest BCUT2D eigenvalue weighted by Gasteiger charge is -2.25. The van der Waals surface area contributed by atoms with E-state index in [-0.39, 0.29) is 17.7 Å². The lowest BCUT2D eigenvalue weighted by atomic mass is 10.1. The Morgan fingerprint density at radius 1 is 1.25 bits per heavy atom. The molecule has 3 rings (SSSR count). The van der Waals surface area contributed by atoms with E-state index in [4.69, 9.17) is 4.52 Å². The molecule has 152 valence electrons. The number of benzene rings is 1. The van der Waals surface area contributed by atoms with Gasteiger partial charge in [0.05, 0.1) is 0 Å². The predicted octanol–water partition coefficient (Wildman–Crippen LogP) is 3.07. The number of carbonyl (C=O) groups excluding carboxylic acids is 1. The van der Waals surface area contributed by atoms with Crippen molar-refractivity contribution in [1.82, 2.24) is 19.9 Å². The summed E-state index contributed by atoms with van der Waals surface area (Å²) in [4.78, 5) is 20.2. The van der Waals surface area contributed by atoms with Gasteiger partial charge in [-0.15, -0.1) is 13.2 Å². The fourth-order valence-corrected chi connectivity index (χ4v) is 3.27. The molecular weight excluding hydrogens is 377 g/mol. The van der Waals surface area contributed by atoms with Gasteiger partial charge in [0.15, 0.2) is 5.82 Å². The summed E-state index contributed by atoms with van der Waals surface area (Å²) < 4.78 is 45.9. The molecule has 0 N–H and O–H groups in total. The Kier molecular flexibility index (Phi) is 5.87. The molecule has 1 fully saturated rings. The van der Waals surface area contributed by atoms with E-state index in [9.17, 15) is 18.0 Å². The Morgan fingerprint density at radius 2 is 1.96 bits per heavy atom. The molecule has 1 aliphatic heterocycles. The number of alkyl halides is 3. The Labute approximate surface area is 160 Å². The number of amides is 1. The van der Waals surface area contributed by atoms with E-state index in [1.54, 1.807) is 24.0 Å². The molecule has 0 bridgehead atoms. The highest BCUT2D eigenvalue weighted by Gasteiger charge is 2.32. The number of aromatic nitrogens is 2. The van der Waals surface area contributed by atoms with Crippen molar-refractivity contribution >= 4 is 5.91 Å². The zero-order chi connectivity index (χ0) is 20.3. The Hall–Kier alpha value is -2.62. The first kappa shape index (κ1) is 20.1. The third-order valence-corrected chi connectivity index (χ3v) is 4.55. The Bertz CT molecular complexity index is 807. The van der Waals surface area contributed by atoms with Gasteiger partial charge in [-0.3, -0.25) is 9.69 Å². The van der Waals surface area contributed by atoms with Gasteiger partial charge < -0.3 is 14.2 Å². The molecule has 10 heteroatoms. The fraction of sp³-hybridized carbons (Fsp3) is 0.500. The summed E-state index contributed by atoms with van der Waals surface area (Å²) >= 11 is 0. The van der Waals surface area contributed by atoms with Crippen LogP contribution in [0, 0.1) is 6.92 Å². The highest BCUT2D eigenvalue weighted by molar-refractivity contribution is 5.73. The van der Waals surface area contributed by atoms with Crippen LogP contribution < -0.4 is 4.74 Å². The molecule has 1 atom stereocenters. The smallest absolute Gasteiger partial charge is 0.406 e. The lowest BCUT2D eigenvalue weighted by Crippen LogP contribution is -2.35. The molecule has 1 unspecified atom stereocenters. The Morgan fingerprint density at radius 3 is 2.54 bits per heavy atom. The molecule has 0 radical (unpaired) electrons. The highest BCUT2D eigenvalue weighted by atomic mass is 19.4. The minimum absolute atomic E-state index is 0.0728. The topological polar surface area (TPSA) is 71.7 Å². The lowest BCUT2D eigenvalue weighted by molar-refractivity contribution is -0.274. The van der Waals surface area contributed by atoms with Gasteiger partial charge in [-0.25, -0.2) is 0 Å². The van der Waals surface area contributed by atoms with Gasteiger partial charge in [0.1, 0.15) is 11.8 Å². The van der Waals surface area contributed by atoms with Crippen molar-refractivity contribution in [3.63, 3.8) is 0 Å². The third kappa shape index (κ3) is 5.22. The van der Waals surface area contributed by atoms with Gasteiger partial charge in [-0.1, -0.05) is 17.3 Å². The van der Waals surface area contributed by atoms with Crippen LogP contribution in [-0.4, -0.2) is 51.8 Å². The van der Waals surface area contributed by atoms with E-state index in [1.165, 1.54) is 19.1 Å². The van der Waals surface area contributed by atoms with E-state index >= 15 is 0 Å². The van der Waals surface area contributed by atoms with Crippen molar-refractivity contribution in [3.05, 3.63) is 41.5 Å². The van der Waals surface area contributed by atoms with Gasteiger partial charge in [-0.05, 0) is 31.0 Å². The molecule has 0 spiro atoms. The van der Waals surface area contributed by atoms with Crippen LogP contribution in [0.15, 0.2) is 28.8 Å². The molecule has 1 aliphatic rings. The first-order chi connectivity index (χ1) is 13.2. The summed E-state index contributed by atoms with van der Waals surface area (Å²) in [5, 5.41) is 3.81. The first-order valence-electron chi connectivity index (χ1n) is 8.86. The predicted molar refractivity (Wildman–Crippen MR) is 92.2 cm³/mol. The van der Waals surface area contributed by atoms with Crippen LogP contribution in [0.2, 0.25) is 0 Å². The monoisotopic (exact) mass is 398 g/mol. The number of carbonyl (C=O) groups is 1. The second-order valence-corrected chi connectivity index (χ2v) is 6.66. The third-order valence-electron chi connectivity index (χ3n) is 4.55. The van der Waals surface area contributed by atoms with Crippen LogP contribution in [0.3, 0.4) is 0 Å². The molecule has 1 aromatic carbocycles. The molecule has 28 heavy (non-hydrogen) atoms. The van der Waals surface area contributed by atoms with Gasteiger partial charge in [0.2, 0.25) is 11.8 Å². The van der Waals surface area contributed by atoms with Crippen LogP contribution in [0.25, 0.3) is 0 Å². The van der Waals surface area contributed by atoms with Crippen LogP contribution in [-0.2, 0) is 11.3 Å². The van der Waals surface area contributed by atoms with Gasteiger partial charge in [-0.2, -0.15) is 4.98 Å². The maximum absolute atomic E-state index is 12.3. The molecule has 1 amide bonds. The van der Waals surface area contributed by atoms with E-state index in [0.717, 1.165) is 5.56 Å². The standard InChI is InChI=1S/C18H21F3N4O3/c1-12-22-17(28-23-12)16-7-8-24(9-10-25(16)13(2)26)11-14-3-5-15(6-4-14)27-18(19,20)21/h3-6,16H,7-11H2,1-2H3. The molecule has 0 aliphatic carbocycles. The van der Waals surface area contributed by atoms with Crippen molar-refractivity contribution in [3.8, 4) is 5.75 Å². The largest absolute Gasteiger partial charge is 0.573 e. The summed E-state index contributed by atoms with van der Waals surface area (Å²) in [6.07, 6.45) is -4.08. The number of aryl methyl sites for hydroxylation is 1. The number of hydrogen-bond donors (Lipinski definition) is 0. The maximum atomic E-state index is 12.3. The molecule has 1 aromatic heterocycles. The zero-order valence-electron chi connectivity index (χ0n) is 15.6. The number of ether oxygens (including phenoxy) is 1. The number of hydrogen-bond acceptors (Lipinski definition) is 6. The van der Waals surface area contributed by atoms with Gasteiger partial charge >= 0.3 is 6.36 Å². The minimum atomic E-state index is -4.70. The van der Waals surface area contributed by atoms with Crippen LogP contribution in [0.1, 0.15) is 36.7 Å². The van der Waals surface area contributed by atoms with Crippen molar-refractivity contribution < 1.29 is 27.2 Å². The summed E-state index contributed by atoms with van der Waals surface area (Å²) in [5.41, 5.74) is 0.857. The van der Waals surface area contributed by atoms with E-state index in [2.05, 4.69) is 19.8 Å². The summed E-state index contributed by atoms with van der Waals surface area (Å²) in [6, 6.07) is 5.52. The summed E-state index contributed by atoms with van der Waals surface area (Å²) in [5.74, 6) is 0.613. The van der Waals surface area contributed by atoms with Crippen LogP contribution in [0.5, 0.6) is 5.75 Å². The number of halogens is 3. The second kappa shape index (κ2) is 8.17. The van der Waals surface area contributed by atoms with Crippen molar-refractivity contribution in [2.75, 3.05) is 19.6 Å². The van der Waals surface area contributed by atoms with Gasteiger partial charge in [0, 0.05) is 33.1 Å². The minimum Gasteiger partial charge on any atom is -0.406 e. The molecule has 2 aromatic rings. The highest BCUT2D eigenvalue weighted by Crippen LogP contribution is 2.27. The molecule has 7 nitrogen and oxygen atoms in total. The normalized spacial score (nSPS) is 18.8. The SMILES string of the molecule is CC(=O)N1CCN(Cc2ccc(OC(F)(F)F)cc2)CCC1c1nc(C)no1. The number of rotatable bonds is 4. The Balaban J connectivity index is 1.66. The maximum Gasteiger partial charge on any atom is 0.573 e. The molecule has 1 saturated heterocycles. The summed E-state index contributed by atoms with van der Waals surface area (Å²) in [6.45, 7) is 5.58. The number of nitrogens with zero attached hydrogens (tertiary/aromatic N) is 4. The first-order valence-corrected chi connectivity index (χ1v) is 8.86. The average molecular weight is 398 g/mol. The van der Waals surface area contributed by atoms with Crippen molar-refractivity contribution in [2.45, 2.75) is 39.2 Å². The zero-order valence-corrected chi connectivity index (χ0v) is 15.6. The average Bonchev–Trinajstić information content (AvgIpc) is 2.92. The molecular formula is C18H21F3N4O3. The second-order valence-electron chi connectivity index (χ2n) is 6.66. The van der Waals surface area contributed by atoms with Crippen molar-refractivity contribution in [1.29, 1.82) is 0 Å². The van der Waals surface area contributed by atoms with Crippen LogP contribution >= 0.6 is 0 Å².